The Balaban J connectivity index is 1.62. The van der Waals surface area contributed by atoms with E-state index in [4.69, 9.17) is 21.1 Å². The zero-order valence-corrected chi connectivity index (χ0v) is 20.2. The zero-order valence-electron chi connectivity index (χ0n) is 18.6. The highest BCUT2D eigenvalue weighted by Crippen LogP contribution is 2.35. The minimum Gasteiger partial charge on any atom is -0.434 e. The maximum Gasteiger partial charge on any atom is 0.513 e. The predicted octanol–water partition coefficient (Wildman–Crippen LogP) is 6.43. The lowest BCUT2D eigenvalue weighted by atomic mass is 10.1. The highest BCUT2D eigenvalue weighted by molar-refractivity contribution is 7.91. The van der Waals surface area contributed by atoms with Crippen LogP contribution in [0.15, 0.2) is 71.6 Å². The van der Waals surface area contributed by atoms with Gasteiger partial charge >= 0.3 is 6.16 Å². The van der Waals surface area contributed by atoms with E-state index in [-0.39, 0.29) is 47.8 Å². The summed E-state index contributed by atoms with van der Waals surface area (Å²) in [7, 11) is -4.11. The van der Waals surface area contributed by atoms with Gasteiger partial charge in [-0.1, -0.05) is 11.6 Å². The first-order chi connectivity index (χ1) is 17.1. The highest BCUT2D eigenvalue weighted by atomic mass is 35.5. The average Bonchev–Trinajstić information content (AvgIpc) is 2.83. The van der Waals surface area contributed by atoms with Crippen LogP contribution in [0.5, 0.6) is 5.75 Å². The van der Waals surface area contributed by atoms with E-state index in [1.165, 1.54) is 36.4 Å². The fourth-order valence-electron chi connectivity index (χ4n) is 3.38. The maximum absolute atomic E-state index is 14.5. The van der Waals surface area contributed by atoms with Crippen molar-refractivity contribution in [2.45, 2.75) is 29.4 Å². The topological polar surface area (TPSA) is 113 Å². The number of sulfone groups is 1. The molecule has 0 N–H and O–H groups in total. The van der Waals surface area contributed by atoms with Crippen molar-refractivity contribution in [2.24, 2.45) is 0 Å². The van der Waals surface area contributed by atoms with Crippen molar-refractivity contribution in [2.75, 3.05) is 6.61 Å². The summed E-state index contributed by atoms with van der Waals surface area (Å²) in [4.78, 5) is 21.8. The first-order valence-electron chi connectivity index (χ1n) is 10.6. The monoisotopic (exact) mass is 539 g/mol. The molecule has 0 heterocycles. The third-order valence-electron chi connectivity index (χ3n) is 5.15. The van der Waals surface area contributed by atoms with Crippen molar-refractivity contribution in [1.29, 1.82) is 0 Å². The van der Waals surface area contributed by atoms with Crippen LogP contribution in [0.3, 0.4) is 0 Å². The first-order valence-corrected chi connectivity index (χ1v) is 12.5. The fourth-order valence-corrected chi connectivity index (χ4v) is 5.34. The summed E-state index contributed by atoms with van der Waals surface area (Å²) < 4.78 is 64.7. The van der Waals surface area contributed by atoms with Crippen LogP contribution >= 0.6 is 11.6 Å². The number of nitrogens with zero attached hydrogens (tertiary/aromatic N) is 1. The summed E-state index contributed by atoms with van der Waals surface area (Å²) in [5, 5.41) is 9.59. The molecule has 3 rings (SSSR count). The third-order valence-corrected chi connectivity index (χ3v) is 7.57. The quantitative estimate of drug-likeness (QED) is 0.0959. The van der Waals surface area contributed by atoms with Crippen LogP contribution in [0.1, 0.15) is 30.1 Å². The number of nitro groups is 1. The Morgan fingerprint density at radius 1 is 1.00 bits per heavy atom. The van der Waals surface area contributed by atoms with Crippen LogP contribution in [-0.4, -0.2) is 26.1 Å². The molecule has 1 atom stereocenters. The lowest BCUT2D eigenvalue weighted by Crippen LogP contribution is -2.16. The number of nitro benzene ring substituents is 1. The number of carbonyl (C=O) groups excluding carboxylic acids is 1. The number of halogens is 3. The minimum absolute atomic E-state index is 0.0429. The molecule has 0 aliphatic carbocycles. The van der Waals surface area contributed by atoms with Gasteiger partial charge in [0, 0.05) is 22.7 Å². The predicted molar refractivity (Wildman–Crippen MR) is 127 cm³/mol. The normalized spacial score (nSPS) is 12.1. The average molecular weight is 540 g/mol. The van der Waals surface area contributed by atoms with E-state index in [0.29, 0.717) is 5.02 Å². The third kappa shape index (κ3) is 6.98. The summed E-state index contributed by atoms with van der Waals surface area (Å²) >= 11 is 5.84. The molecule has 0 spiro atoms. The van der Waals surface area contributed by atoms with E-state index in [2.05, 4.69) is 0 Å². The number of hydrogen-bond acceptors (Lipinski definition) is 7. The van der Waals surface area contributed by atoms with Crippen LogP contribution in [0.2, 0.25) is 5.02 Å². The number of ether oxygens (including phenoxy) is 2. The Kier molecular flexibility index (Phi) is 8.94. The van der Waals surface area contributed by atoms with E-state index in [0.717, 1.165) is 30.3 Å². The van der Waals surface area contributed by atoms with Crippen LogP contribution in [0.25, 0.3) is 0 Å². The molecule has 8 nitrogen and oxygen atoms in total. The molecule has 0 saturated heterocycles. The molecule has 1 unspecified atom stereocenters. The molecule has 0 amide bonds. The smallest absolute Gasteiger partial charge is 0.434 e. The zero-order chi connectivity index (χ0) is 26.3. The second kappa shape index (κ2) is 11.9. The van der Waals surface area contributed by atoms with Crippen molar-refractivity contribution in [3.05, 3.63) is 99.1 Å². The van der Waals surface area contributed by atoms with E-state index >= 15 is 0 Å². The van der Waals surface area contributed by atoms with Gasteiger partial charge in [0.1, 0.15) is 17.4 Å². The minimum atomic E-state index is -4.11. The molecule has 3 aromatic carbocycles. The molecule has 36 heavy (non-hydrogen) atoms. The van der Waals surface area contributed by atoms with E-state index < -0.39 is 37.8 Å². The van der Waals surface area contributed by atoms with Crippen molar-refractivity contribution in [1.82, 2.24) is 0 Å². The molecule has 0 aromatic heterocycles. The molecule has 0 radical (unpaired) electrons. The number of unbranched alkanes of at least 4 members (excludes halogenated alkanes) is 1. The molecule has 3 aromatic rings. The van der Waals surface area contributed by atoms with E-state index in [1.54, 1.807) is 0 Å². The maximum atomic E-state index is 14.5. The van der Waals surface area contributed by atoms with Gasteiger partial charge in [-0.15, -0.1) is 0 Å². The van der Waals surface area contributed by atoms with Crippen molar-refractivity contribution in [3.63, 3.8) is 0 Å². The van der Waals surface area contributed by atoms with Crippen LogP contribution in [-0.2, 0) is 14.6 Å². The molecule has 0 saturated carbocycles. The Morgan fingerprint density at radius 3 is 2.31 bits per heavy atom. The van der Waals surface area contributed by atoms with Crippen LogP contribution < -0.4 is 4.74 Å². The Hall–Kier alpha value is -3.57. The van der Waals surface area contributed by atoms with Crippen molar-refractivity contribution < 1.29 is 36.4 Å². The molecule has 0 aliphatic heterocycles. The van der Waals surface area contributed by atoms with Gasteiger partial charge in [0.05, 0.1) is 21.7 Å². The molecule has 0 fully saturated rings. The highest BCUT2D eigenvalue weighted by Gasteiger charge is 2.31. The van der Waals surface area contributed by atoms with Gasteiger partial charge in [0.2, 0.25) is 0 Å². The van der Waals surface area contributed by atoms with Gasteiger partial charge < -0.3 is 9.47 Å². The molecule has 0 aliphatic rings. The van der Waals surface area contributed by atoms with Crippen molar-refractivity contribution in [3.8, 4) is 5.75 Å². The van der Waals surface area contributed by atoms with Gasteiger partial charge in [0.25, 0.3) is 5.69 Å². The van der Waals surface area contributed by atoms with Gasteiger partial charge in [-0.2, -0.15) is 0 Å². The number of carbonyl (C=O) groups is 1. The van der Waals surface area contributed by atoms with Crippen molar-refractivity contribution >= 4 is 33.3 Å². The molecule has 190 valence electrons. The van der Waals surface area contributed by atoms with Gasteiger partial charge in [-0.3, -0.25) is 10.1 Å². The molecule has 12 heteroatoms. The fraction of sp³-hybridized carbons (Fsp3) is 0.208. The summed E-state index contributed by atoms with van der Waals surface area (Å²) in [5.74, 6) is -1.59. The Bertz CT molecular complexity index is 1330. The second-order valence-corrected chi connectivity index (χ2v) is 10.2. The molecular weight excluding hydrogens is 520 g/mol. The Labute approximate surface area is 210 Å². The largest absolute Gasteiger partial charge is 0.513 e. The summed E-state index contributed by atoms with van der Waals surface area (Å²) in [6, 6.07) is 12.8. The summed E-state index contributed by atoms with van der Waals surface area (Å²) in [5.41, 5.74) is -0.475. The Morgan fingerprint density at radius 2 is 1.67 bits per heavy atom. The standard InChI is InChI=1S/C24H20ClF2NO7S/c25-16-4-11-20(12-5-16)36(32,33)23(21-15-17(26)6-13-22(21)27)3-1-2-14-34-24(29)35-19-9-7-18(8-10-19)28(30)31/h4-13,15,23H,1-3,14H2. The SMILES string of the molecule is O=C(OCCCCC(c1cc(F)ccc1F)S(=O)(=O)c1ccc(Cl)cc1)Oc1ccc([N+](=O)[O-])cc1. The van der Waals surface area contributed by atoms with Crippen LogP contribution in [0, 0.1) is 21.7 Å². The van der Waals surface area contributed by atoms with Gasteiger partial charge in [-0.05, 0) is 73.9 Å². The number of benzene rings is 3. The lowest BCUT2D eigenvalue weighted by Gasteiger charge is -2.19. The number of rotatable bonds is 10. The van der Waals surface area contributed by atoms with Gasteiger partial charge in [0.15, 0.2) is 9.84 Å². The molecule has 0 bridgehead atoms. The lowest BCUT2D eigenvalue weighted by molar-refractivity contribution is -0.384. The summed E-state index contributed by atoms with van der Waals surface area (Å²) in [6.45, 7) is -0.134. The van der Waals surface area contributed by atoms with Crippen LogP contribution in [0.4, 0.5) is 19.3 Å². The van der Waals surface area contributed by atoms with Gasteiger partial charge in [-0.25, -0.2) is 22.0 Å². The van der Waals surface area contributed by atoms with E-state index in [1.807, 2.05) is 0 Å². The second-order valence-electron chi connectivity index (χ2n) is 7.60. The summed E-state index contributed by atoms with van der Waals surface area (Å²) in [6.07, 6.45) is -0.728. The number of non-ortho nitro benzene ring substituents is 1. The first kappa shape index (κ1) is 27.0. The van der Waals surface area contributed by atoms with E-state index in [9.17, 15) is 32.1 Å². The number of hydrogen-bond donors (Lipinski definition) is 0. The molecular formula is C24H20ClF2NO7S.